The molecule has 2 aromatic carbocycles. The fraction of sp³-hybridized carbons (Fsp3) is 0.348. The van der Waals surface area contributed by atoms with Crippen LogP contribution in [0.25, 0.3) is 0 Å². The Kier molecular flexibility index (Phi) is 7.28. The van der Waals surface area contributed by atoms with Gasteiger partial charge < -0.3 is 14.6 Å². The van der Waals surface area contributed by atoms with Crippen molar-refractivity contribution in [1.82, 2.24) is 14.8 Å². The van der Waals surface area contributed by atoms with Crippen LogP contribution in [0.1, 0.15) is 39.1 Å². The molecule has 1 N–H and O–H groups in total. The number of hydrogen-bond acceptors (Lipinski definition) is 5. The van der Waals surface area contributed by atoms with Crippen molar-refractivity contribution in [2.24, 2.45) is 7.05 Å². The highest BCUT2D eigenvalue weighted by Gasteiger charge is 2.20. The first-order valence-electron chi connectivity index (χ1n) is 9.99. The van der Waals surface area contributed by atoms with Crippen LogP contribution in [-0.2, 0) is 23.9 Å². The number of aromatic nitrogens is 3. The average Bonchev–Trinajstić information content (AvgIpc) is 3.06. The topological polar surface area (TPSA) is 69.0 Å². The molecule has 1 aromatic heterocycles. The van der Waals surface area contributed by atoms with Crippen molar-refractivity contribution in [3.8, 4) is 5.75 Å². The zero-order chi connectivity index (χ0) is 22.6. The zero-order valence-electron chi connectivity index (χ0n) is 18.3. The van der Waals surface area contributed by atoms with E-state index in [1.54, 1.807) is 12.1 Å². The predicted octanol–water partition coefficient (Wildman–Crippen LogP) is 5.46. The number of carbonyl (C=O) groups is 1. The van der Waals surface area contributed by atoms with Crippen molar-refractivity contribution in [1.29, 1.82) is 0 Å². The molecule has 0 aliphatic heterocycles. The van der Waals surface area contributed by atoms with Gasteiger partial charge in [0.05, 0.1) is 10.3 Å². The van der Waals surface area contributed by atoms with E-state index in [-0.39, 0.29) is 23.2 Å². The molecule has 6 nitrogen and oxygen atoms in total. The lowest BCUT2D eigenvalue weighted by molar-refractivity contribution is -0.115. The average molecular weight is 459 g/mol. The number of thioether (sulfide) groups is 1. The summed E-state index contributed by atoms with van der Waals surface area (Å²) in [5.41, 5.74) is 2.07. The van der Waals surface area contributed by atoms with Crippen LogP contribution >= 0.6 is 23.4 Å². The summed E-state index contributed by atoms with van der Waals surface area (Å²) in [4.78, 5) is 12.6. The van der Waals surface area contributed by atoms with Crippen LogP contribution in [0.3, 0.4) is 0 Å². The lowest BCUT2D eigenvalue weighted by atomic mass is 9.87. The van der Waals surface area contributed by atoms with Gasteiger partial charge >= 0.3 is 0 Å². The third-order valence-electron chi connectivity index (χ3n) is 4.79. The zero-order valence-corrected chi connectivity index (χ0v) is 19.9. The van der Waals surface area contributed by atoms with Crippen LogP contribution in [0.4, 0.5) is 5.69 Å². The van der Waals surface area contributed by atoms with Gasteiger partial charge in [-0.05, 0) is 42.2 Å². The molecule has 1 amide bonds. The molecule has 1 heterocycles. The second-order valence-corrected chi connectivity index (χ2v) is 9.97. The molecule has 0 bridgehead atoms. The molecular weight excluding hydrogens is 432 g/mol. The fourth-order valence-corrected chi connectivity index (χ4v) is 3.81. The Morgan fingerprint density at radius 2 is 1.84 bits per heavy atom. The van der Waals surface area contributed by atoms with Crippen molar-refractivity contribution in [2.75, 3.05) is 5.32 Å². The Bertz CT molecular complexity index is 1040. The summed E-state index contributed by atoms with van der Waals surface area (Å²) in [5, 5.41) is 12.2. The van der Waals surface area contributed by atoms with Crippen molar-refractivity contribution in [3.05, 3.63) is 64.9 Å². The number of anilines is 1. The first-order valence-corrected chi connectivity index (χ1v) is 11.2. The summed E-state index contributed by atoms with van der Waals surface area (Å²) in [6.45, 7) is 8.56. The minimum atomic E-state index is -0.345. The number of carbonyl (C=O) groups excluding carboxylic acids is 1. The Morgan fingerprint density at radius 3 is 2.48 bits per heavy atom. The Balaban J connectivity index is 1.58. The lowest BCUT2D eigenvalue weighted by Gasteiger charge is -2.19. The van der Waals surface area contributed by atoms with Crippen LogP contribution in [0.5, 0.6) is 5.75 Å². The molecule has 164 valence electrons. The monoisotopic (exact) mass is 458 g/mol. The number of nitrogens with one attached hydrogen (secondary N) is 1. The molecule has 3 rings (SSSR count). The van der Waals surface area contributed by atoms with E-state index < -0.39 is 0 Å². The highest BCUT2D eigenvalue weighted by atomic mass is 35.5. The predicted molar refractivity (Wildman–Crippen MR) is 126 cm³/mol. The SMILES string of the molecule is C[C@@H](Sc1nnc(COc2ccccc2Cl)n1C)C(=O)Nc1ccc(C(C)(C)C)cc1. The molecular formula is C23H27ClN4O2S. The Labute approximate surface area is 192 Å². The van der Waals surface area contributed by atoms with Crippen molar-refractivity contribution >= 4 is 35.0 Å². The standard InChI is InChI=1S/C23H27ClN4O2S/c1-15(21(29)25-17-12-10-16(11-13-17)23(2,3)4)31-22-27-26-20(28(22)5)14-30-19-9-7-6-8-18(19)24/h6-13,15H,14H2,1-5H3,(H,25,29)/t15-/m1/s1. The molecule has 0 saturated heterocycles. The third-order valence-corrected chi connectivity index (χ3v) is 6.23. The van der Waals surface area contributed by atoms with Gasteiger partial charge in [-0.1, -0.05) is 68.4 Å². The molecule has 31 heavy (non-hydrogen) atoms. The van der Waals surface area contributed by atoms with Gasteiger partial charge in [-0.25, -0.2) is 0 Å². The van der Waals surface area contributed by atoms with E-state index >= 15 is 0 Å². The van der Waals surface area contributed by atoms with Gasteiger partial charge in [0.25, 0.3) is 0 Å². The first-order chi connectivity index (χ1) is 14.6. The van der Waals surface area contributed by atoms with Crippen LogP contribution < -0.4 is 10.1 Å². The first kappa shape index (κ1) is 23.2. The summed E-state index contributed by atoms with van der Waals surface area (Å²) in [7, 11) is 1.85. The summed E-state index contributed by atoms with van der Waals surface area (Å²) < 4.78 is 7.56. The molecule has 0 saturated carbocycles. The van der Waals surface area contributed by atoms with Gasteiger partial charge in [-0.3, -0.25) is 4.79 Å². The van der Waals surface area contributed by atoms with Crippen LogP contribution in [0, 0.1) is 0 Å². The summed E-state index contributed by atoms with van der Waals surface area (Å²) in [6.07, 6.45) is 0. The quantitative estimate of drug-likeness (QED) is 0.476. The van der Waals surface area contributed by atoms with Gasteiger partial charge in [0.2, 0.25) is 5.91 Å². The molecule has 3 aromatic rings. The number of amides is 1. The number of rotatable bonds is 7. The van der Waals surface area contributed by atoms with Gasteiger partial charge in [0.1, 0.15) is 12.4 Å². The normalized spacial score (nSPS) is 12.5. The number of ether oxygens (including phenoxy) is 1. The second kappa shape index (κ2) is 9.75. The Morgan fingerprint density at radius 1 is 1.16 bits per heavy atom. The molecule has 0 aliphatic rings. The molecule has 0 aliphatic carbocycles. The van der Waals surface area contributed by atoms with E-state index in [0.29, 0.717) is 21.8 Å². The number of benzene rings is 2. The Hall–Kier alpha value is -2.51. The van der Waals surface area contributed by atoms with E-state index in [1.165, 1.54) is 17.3 Å². The maximum Gasteiger partial charge on any atom is 0.237 e. The van der Waals surface area contributed by atoms with E-state index in [0.717, 1.165) is 5.69 Å². The van der Waals surface area contributed by atoms with Crippen molar-refractivity contribution < 1.29 is 9.53 Å². The lowest BCUT2D eigenvalue weighted by Crippen LogP contribution is -2.23. The maximum atomic E-state index is 12.6. The number of halogens is 1. The maximum absolute atomic E-state index is 12.6. The van der Waals surface area contributed by atoms with Gasteiger partial charge in [0, 0.05) is 12.7 Å². The van der Waals surface area contributed by atoms with Gasteiger partial charge in [-0.15, -0.1) is 10.2 Å². The fourth-order valence-electron chi connectivity index (χ4n) is 2.79. The van der Waals surface area contributed by atoms with Crippen LogP contribution in [-0.4, -0.2) is 25.9 Å². The highest BCUT2D eigenvalue weighted by Crippen LogP contribution is 2.27. The van der Waals surface area contributed by atoms with E-state index in [2.05, 4.69) is 36.3 Å². The molecule has 0 fully saturated rings. The number of nitrogens with zero attached hydrogens (tertiary/aromatic N) is 3. The van der Waals surface area contributed by atoms with E-state index in [4.69, 9.17) is 16.3 Å². The van der Waals surface area contributed by atoms with Crippen LogP contribution in [0.15, 0.2) is 53.7 Å². The molecule has 8 heteroatoms. The van der Waals surface area contributed by atoms with E-state index in [9.17, 15) is 4.79 Å². The van der Waals surface area contributed by atoms with Gasteiger partial charge in [-0.2, -0.15) is 0 Å². The minimum absolute atomic E-state index is 0.0736. The molecule has 0 unspecified atom stereocenters. The number of hydrogen-bond donors (Lipinski definition) is 1. The summed E-state index contributed by atoms with van der Waals surface area (Å²) in [6, 6.07) is 15.2. The van der Waals surface area contributed by atoms with Crippen molar-refractivity contribution in [3.63, 3.8) is 0 Å². The summed E-state index contributed by atoms with van der Waals surface area (Å²) in [5.74, 6) is 1.14. The van der Waals surface area contributed by atoms with Crippen molar-refractivity contribution in [2.45, 2.75) is 50.1 Å². The second-order valence-electron chi connectivity index (χ2n) is 8.25. The van der Waals surface area contributed by atoms with Gasteiger partial charge in [0.15, 0.2) is 11.0 Å². The molecule has 0 radical (unpaired) electrons. The molecule has 1 atom stereocenters. The molecule has 0 spiro atoms. The largest absolute Gasteiger partial charge is 0.484 e. The highest BCUT2D eigenvalue weighted by molar-refractivity contribution is 8.00. The third kappa shape index (κ3) is 6.02. The minimum Gasteiger partial charge on any atom is -0.484 e. The van der Waals surface area contributed by atoms with E-state index in [1.807, 2.05) is 54.9 Å². The van der Waals surface area contributed by atoms with Crippen LogP contribution in [0.2, 0.25) is 5.02 Å². The smallest absolute Gasteiger partial charge is 0.237 e. The number of para-hydroxylation sites is 1. The summed E-state index contributed by atoms with van der Waals surface area (Å²) >= 11 is 7.47.